The van der Waals surface area contributed by atoms with Crippen molar-refractivity contribution in [3.05, 3.63) is 17.7 Å². The minimum Gasteiger partial charge on any atom is -0.496 e. The molecule has 15 heavy (non-hydrogen) atoms. The third-order valence-corrected chi connectivity index (χ3v) is 2.35. The maximum atomic E-state index is 9.96. The van der Waals surface area contributed by atoms with E-state index in [-0.39, 0.29) is 6.79 Å². The average Bonchev–Trinajstić information content (AvgIpc) is 2.60. The molecule has 4 nitrogen and oxygen atoms in total. The van der Waals surface area contributed by atoms with Crippen molar-refractivity contribution in [3.8, 4) is 17.2 Å². The van der Waals surface area contributed by atoms with Gasteiger partial charge in [-0.1, -0.05) is 0 Å². The first-order valence-corrected chi connectivity index (χ1v) is 4.73. The first kappa shape index (κ1) is 10.1. The molecular weight excluding hydrogens is 196 g/mol. The maximum Gasteiger partial charge on any atom is 0.231 e. The van der Waals surface area contributed by atoms with Crippen molar-refractivity contribution in [2.24, 2.45) is 0 Å². The summed E-state index contributed by atoms with van der Waals surface area (Å²) in [6.45, 7) is 3.62. The second-order valence-electron chi connectivity index (χ2n) is 3.96. The molecule has 0 spiro atoms. The predicted molar refractivity (Wildman–Crippen MR) is 54.4 cm³/mol. The monoisotopic (exact) mass is 210 g/mol. The normalized spacial score (nSPS) is 14.1. The van der Waals surface area contributed by atoms with E-state index in [2.05, 4.69) is 0 Å². The van der Waals surface area contributed by atoms with Gasteiger partial charge in [-0.25, -0.2) is 0 Å². The molecule has 2 rings (SSSR count). The molecular formula is C11H14O4. The first-order chi connectivity index (χ1) is 7.02. The molecule has 1 aromatic carbocycles. The van der Waals surface area contributed by atoms with Gasteiger partial charge in [0.25, 0.3) is 0 Å². The Morgan fingerprint density at radius 1 is 1.27 bits per heavy atom. The quantitative estimate of drug-likeness (QED) is 0.806. The molecule has 1 heterocycles. The van der Waals surface area contributed by atoms with Crippen molar-refractivity contribution in [1.82, 2.24) is 0 Å². The molecule has 4 heteroatoms. The summed E-state index contributed by atoms with van der Waals surface area (Å²) in [6, 6.07) is 3.48. The summed E-state index contributed by atoms with van der Waals surface area (Å²) < 4.78 is 15.7. The molecule has 1 aliphatic heterocycles. The summed E-state index contributed by atoms with van der Waals surface area (Å²) in [4.78, 5) is 0. The molecule has 1 N–H and O–H groups in total. The molecule has 0 saturated heterocycles. The molecule has 0 amide bonds. The number of hydrogen-bond acceptors (Lipinski definition) is 4. The molecule has 82 valence electrons. The molecule has 0 aromatic heterocycles. The van der Waals surface area contributed by atoms with Crippen LogP contribution in [0.4, 0.5) is 0 Å². The van der Waals surface area contributed by atoms with Gasteiger partial charge in [0.15, 0.2) is 11.5 Å². The molecule has 0 unspecified atom stereocenters. The molecule has 0 fully saturated rings. The Kier molecular flexibility index (Phi) is 2.23. The highest BCUT2D eigenvalue weighted by atomic mass is 16.7. The van der Waals surface area contributed by atoms with Gasteiger partial charge < -0.3 is 19.3 Å². The third kappa shape index (κ3) is 1.72. The van der Waals surface area contributed by atoms with Gasteiger partial charge in [0.05, 0.1) is 12.7 Å². The number of aliphatic hydroxyl groups is 1. The molecule has 0 aliphatic carbocycles. The minimum absolute atomic E-state index is 0.216. The fourth-order valence-electron chi connectivity index (χ4n) is 1.57. The summed E-state index contributed by atoms with van der Waals surface area (Å²) in [5, 5.41) is 9.96. The van der Waals surface area contributed by atoms with Crippen molar-refractivity contribution in [2.45, 2.75) is 19.4 Å². The Morgan fingerprint density at radius 3 is 2.40 bits per heavy atom. The minimum atomic E-state index is -0.966. The molecule has 1 aromatic rings. The SMILES string of the molecule is COc1cc2c(cc1C(C)(C)O)OCO2. The standard InChI is InChI=1S/C11H14O4/c1-11(2,12)7-4-9-10(15-6-14-9)5-8(7)13-3/h4-5,12H,6H2,1-3H3. The number of methoxy groups -OCH3 is 1. The van der Waals surface area contributed by atoms with Crippen LogP contribution in [0.25, 0.3) is 0 Å². The highest BCUT2D eigenvalue weighted by Crippen LogP contribution is 2.41. The number of fused-ring (bicyclic) bond motifs is 1. The van der Waals surface area contributed by atoms with Gasteiger partial charge in [0.1, 0.15) is 5.75 Å². The Morgan fingerprint density at radius 2 is 1.87 bits per heavy atom. The van der Waals surface area contributed by atoms with Crippen molar-refractivity contribution in [3.63, 3.8) is 0 Å². The van der Waals surface area contributed by atoms with Gasteiger partial charge in [-0.3, -0.25) is 0 Å². The van der Waals surface area contributed by atoms with Gasteiger partial charge >= 0.3 is 0 Å². The van der Waals surface area contributed by atoms with E-state index >= 15 is 0 Å². The maximum absolute atomic E-state index is 9.96. The Hall–Kier alpha value is -1.42. The van der Waals surface area contributed by atoms with Crippen LogP contribution in [0.2, 0.25) is 0 Å². The van der Waals surface area contributed by atoms with Crippen molar-refractivity contribution >= 4 is 0 Å². The topological polar surface area (TPSA) is 47.9 Å². The summed E-state index contributed by atoms with van der Waals surface area (Å²) in [5.41, 5.74) is -0.277. The second-order valence-corrected chi connectivity index (χ2v) is 3.96. The van der Waals surface area contributed by atoms with Crippen molar-refractivity contribution < 1.29 is 19.3 Å². The molecule has 0 saturated carbocycles. The van der Waals surface area contributed by atoms with Gasteiger partial charge in [-0.2, -0.15) is 0 Å². The summed E-state index contributed by atoms with van der Waals surface area (Å²) in [7, 11) is 1.56. The number of hydrogen-bond donors (Lipinski definition) is 1. The van der Waals surface area contributed by atoms with Crippen LogP contribution >= 0.6 is 0 Å². The van der Waals surface area contributed by atoms with E-state index in [1.54, 1.807) is 33.1 Å². The molecule has 0 bridgehead atoms. The smallest absolute Gasteiger partial charge is 0.231 e. The molecule has 1 aliphatic rings. The number of benzene rings is 1. The average molecular weight is 210 g/mol. The zero-order valence-electron chi connectivity index (χ0n) is 9.03. The molecule has 0 radical (unpaired) electrons. The van der Waals surface area contributed by atoms with Crippen LogP contribution in [-0.2, 0) is 5.60 Å². The van der Waals surface area contributed by atoms with Gasteiger partial charge in [-0.05, 0) is 19.9 Å². The van der Waals surface area contributed by atoms with E-state index in [0.29, 0.717) is 22.8 Å². The lowest BCUT2D eigenvalue weighted by Gasteiger charge is -2.21. The second kappa shape index (κ2) is 3.31. The predicted octanol–water partition coefficient (Wildman–Crippen LogP) is 1.65. The van der Waals surface area contributed by atoms with E-state index in [1.165, 1.54) is 0 Å². The van der Waals surface area contributed by atoms with E-state index < -0.39 is 5.60 Å². The van der Waals surface area contributed by atoms with Crippen LogP contribution in [0, 0.1) is 0 Å². The fraction of sp³-hybridized carbons (Fsp3) is 0.455. The largest absolute Gasteiger partial charge is 0.496 e. The van der Waals surface area contributed by atoms with Crippen LogP contribution < -0.4 is 14.2 Å². The van der Waals surface area contributed by atoms with E-state index in [0.717, 1.165) is 0 Å². The van der Waals surface area contributed by atoms with Gasteiger partial charge in [0.2, 0.25) is 6.79 Å². The van der Waals surface area contributed by atoms with Gasteiger partial charge in [-0.15, -0.1) is 0 Å². The van der Waals surface area contributed by atoms with Crippen LogP contribution in [0.3, 0.4) is 0 Å². The fourth-order valence-corrected chi connectivity index (χ4v) is 1.57. The Labute approximate surface area is 88.4 Å². The zero-order chi connectivity index (χ0) is 11.1. The van der Waals surface area contributed by atoms with Crippen LogP contribution in [0.1, 0.15) is 19.4 Å². The van der Waals surface area contributed by atoms with Crippen LogP contribution in [-0.4, -0.2) is 19.0 Å². The Bertz CT molecular complexity index is 379. The first-order valence-electron chi connectivity index (χ1n) is 4.73. The lowest BCUT2D eigenvalue weighted by Crippen LogP contribution is -2.16. The lowest BCUT2D eigenvalue weighted by molar-refractivity contribution is 0.0754. The number of ether oxygens (including phenoxy) is 3. The number of rotatable bonds is 2. The Balaban J connectivity index is 2.54. The highest BCUT2D eigenvalue weighted by molar-refractivity contribution is 5.53. The zero-order valence-corrected chi connectivity index (χ0v) is 9.03. The summed E-state index contributed by atoms with van der Waals surface area (Å²) in [6.07, 6.45) is 0. The van der Waals surface area contributed by atoms with Crippen LogP contribution in [0.5, 0.6) is 17.2 Å². The van der Waals surface area contributed by atoms with E-state index in [9.17, 15) is 5.11 Å². The lowest BCUT2D eigenvalue weighted by atomic mass is 9.97. The van der Waals surface area contributed by atoms with Crippen molar-refractivity contribution in [1.29, 1.82) is 0 Å². The summed E-state index contributed by atoms with van der Waals surface area (Å²) >= 11 is 0. The third-order valence-electron chi connectivity index (χ3n) is 2.35. The van der Waals surface area contributed by atoms with Crippen molar-refractivity contribution in [2.75, 3.05) is 13.9 Å². The molecule has 0 atom stereocenters. The van der Waals surface area contributed by atoms with E-state index in [4.69, 9.17) is 14.2 Å². The van der Waals surface area contributed by atoms with E-state index in [1.807, 2.05) is 0 Å². The van der Waals surface area contributed by atoms with Gasteiger partial charge in [0, 0.05) is 11.6 Å². The summed E-state index contributed by atoms with van der Waals surface area (Å²) in [5.74, 6) is 1.90. The van der Waals surface area contributed by atoms with Crippen LogP contribution in [0.15, 0.2) is 12.1 Å². The highest BCUT2D eigenvalue weighted by Gasteiger charge is 2.26.